The van der Waals surface area contributed by atoms with Crippen LogP contribution in [0.5, 0.6) is 0 Å². The van der Waals surface area contributed by atoms with Gasteiger partial charge in [0.15, 0.2) is 11.3 Å². The molecule has 0 radical (unpaired) electrons. The van der Waals surface area contributed by atoms with Crippen molar-refractivity contribution in [2.45, 2.75) is 89.7 Å². The number of halogens is 4. The van der Waals surface area contributed by atoms with E-state index in [1.54, 1.807) is 63.6 Å². The van der Waals surface area contributed by atoms with Crippen LogP contribution in [-0.2, 0) is 59.0 Å². The standard InChI is InChI=1S/C58H84BrF3N14O14/c1-6-40-33-73(55(82)67-36-58(60,61)62)34-42(40)46-31-65-48-32-66-51-44(76(46)48)13-18-75(51)56(83)71(4)19-20-72(5)57(84)90-35-39-9-11-41(12-10-39)68-53(80)50(38(2)3)70-52(79)45-8-7-17-74(45)54(81)43(30-47(63)77)69-49(78)14-21-85-24-26-87-28-29-88-27-25-86-23-16-64-37-89-22-15-59/h9-13,18,31-32,38,40,42-43,45,50,64H,6-8,14-17,19-30,33-37H2,1-5H3,(H2,63,77)(H,67,82)(H,68,80)(H,69,78)(H,70,79)/t40-,42+,43+,45+,50+/m1/s1. The number of anilines is 1. The second-order valence-electron chi connectivity index (χ2n) is 22.0. The number of urea groups is 1. The van der Waals surface area contributed by atoms with Gasteiger partial charge in [-0.05, 0) is 48.4 Å². The van der Waals surface area contributed by atoms with Gasteiger partial charge in [-0.15, -0.1) is 0 Å². The van der Waals surface area contributed by atoms with Crippen molar-refractivity contribution in [1.82, 2.24) is 59.8 Å². The van der Waals surface area contributed by atoms with Crippen molar-refractivity contribution in [3.05, 3.63) is 60.2 Å². The van der Waals surface area contributed by atoms with E-state index in [-0.39, 0.29) is 83.8 Å². The monoisotopic (exact) mass is 1340 g/mol. The summed E-state index contributed by atoms with van der Waals surface area (Å²) in [7, 11) is 3.09. The predicted molar refractivity (Wildman–Crippen MR) is 325 cm³/mol. The average Bonchev–Trinajstić information content (AvgIpc) is 1.62. The Kier molecular flexibility index (Phi) is 28.7. The number of amides is 9. The van der Waals surface area contributed by atoms with E-state index in [4.69, 9.17) is 34.2 Å². The van der Waals surface area contributed by atoms with Gasteiger partial charge in [0.1, 0.15) is 31.3 Å². The number of aromatic nitrogens is 4. The van der Waals surface area contributed by atoms with Crippen molar-refractivity contribution in [2.24, 2.45) is 17.6 Å². The van der Waals surface area contributed by atoms with Crippen molar-refractivity contribution in [2.75, 3.05) is 137 Å². The Hall–Kier alpha value is -7.23. The van der Waals surface area contributed by atoms with Crippen LogP contribution in [0.2, 0.25) is 0 Å². The minimum absolute atomic E-state index is 0.00698. The lowest BCUT2D eigenvalue weighted by Gasteiger charge is -2.30. The van der Waals surface area contributed by atoms with Gasteiger partial charge in [0.05, 0.1) is 84.3 Å². The first-order valence-corrected chi connectivity index (χ1v) is 31.0. The molecule has 2 aliphatic heterocycles. The van der Waals surface area contributed by atoms with Crippen LogP contribution in [0, 0.1) is 11.8 Å². The number of primary amides is 1. The molecule has 2 saturated heterocycles. The van der Waals surface area contributed by atoms with Crippen molar-refractivity contribution in [1.29, 1.82) is 0 Å². The lowest BCUT2D eigenvalue weighted by atomic mass is 9.91. The van der Waals surface area contributed by atoms with Crippen LogP contribution in [0.25, 0.3) is 16.8 Å². The summed E-state index contributed by atoms with van der Waals surface area (Å²) >= 11 is 3.29. The van der Waals surface area contributed by atoms with Gasteiger partial charge in [0.2, 0.25) is 29.5 Å². The molecule has 0 saturated carbocycles. The molecule has 5 atom stereocenters. The van der Waals surface area contributed by atoms with E-state index in [2.05, 4.69) is 47.2 Å². The fraction of sp³-hybridized carbons (Fsp3) is 0.621. The number of nitrogens with zero attached hydrogens (tertiary/aromatic N) is 8. The van der Waals surface area contributed by atoms with Crippen LogP contribution in [-0.4, -0.2) is 242 Å². The maximum absolute atomic E-state index is 13.9. The number of rotatable bonds is 36. The molecule has 7 N–H and O–H groups in total. The lowest BCUT2D eigenvalue weighted by molar-refractivity contribution is -0.143. The molecule has 90 heavy (non-hydrogen) atoms. The number of hydrogen-bond acceptors (Lipinski definition) is 17. The first kappa shape index (κ1) is 71.8. The molecule has 28 nitrogen and oxygen atoms in total. The molecule has 5 heterocycles. The fourth-order valence-corrected chi connectivity index (χ4v) is 10.4. The number of carbonyl (C=O) groups excluding carboxylic acids is 8. The zero-order valence-electron chi connectivity index (χ0n) is 51.4. The first-order chi connectivity index (χ1) is 43.1. The summed E-state index contributed by atoms with van der Waals surface area (Å²) in [5.41, 5.74) is 8.55. The number of benzene rings is 1. The number of ether oxygens (including phenoxy) is 6. The number of nitrogens with two attached hydrogens (primary N) is 1. The second kappa shape index (κ2) is 36.0. The summed E-state index contributed by atoms with van der Waals surface area (Å²) in [4.78, 5) is 120. The SMILES string of the molecule is CC[C@@H]1CN(C(=O)NCC(F)(F)F)C[C@@H]1c1cnc2cnc3c(ccn3C(=O)N(C)CCN(C)C(=O)OCc3ccc(NC(=O)[C@@H](NC(=O)[C@@H]4CCCN4C(=O)[C@H](CC(N)=O)NC(=O)CCOCCOCCOCCOCCNCOCCBr)C(C)C)cc3)n12. The van der Waals surface area contributed by atoms with Crippen molar-refractivity contribution >= 4 is 86.1 Å². The topological polar surface area (TPSA) is 326 Å². The van der Waals surface area contributed by atoms with Crippen LogP contribution in [0.4, 0.5) is 33.2 Å². The van der Waals surface area contributed by atoms with Gasteiger partial charge in [-0.3, -0.25) is 38.3 Å². The number of likely N-dealkylation sites (N-methyl/N-ethyl adjacent to an activating group) is 2. The van der Waals surface area contributed by atoms with Gasteiger partial charge in [-0.2, -0.15) is 13.2 Å². The molecule has 2 aliphatic rings. The molecule has 0 bridgehead atoms. The molecule has 498 valence electrons. The van der Waals surface area contributed by atoms with E-state index in [1.807, 2.05) is 16.6 Å². The van der Waals surface area contributed by atoms with Crippen LogP contribution >= 0.6 is 15.9 Å². The Balaban J connectivity index is 0.899. The molecule has 1 aromatic carbocycles. The second-order valence-corrected chi connectivity index (χ2v) is 22.8. The number of hydrogen-bond donors (Lipinski definition) is 6. The zero-order chi connectivity index (χ0) is 65.3. The summed E-state index contributed by atoms with van der Waals surface area (Å²) in [6.07, 6.45) is 0.254. The third-order valence-corrected chi connectivity index (χ3v) is 15.4. The van der Waals surface area contributed by atoms with E-state index in [9.17, 15) is 51.5 Å². The molecule has 4 aromatic rings. The number of fused-ring (bicyclic) bond motifs is 3. The minimum Gasteiger partial charge on any atom is -0.445 e. The summed E-state index contributed by atoms with van der Waals surface area (Å²) in [6, 6.07) is 3.60. The quantitative estimate of drug-likeness (QED) is 0.0216. The smallest absolute Gasteiger partial charge is 0.409 e. The molecular formula is C58H84BrF3N14O14. The van der Waals surface area contributed by atoms with Gasteiger partial charge in [0, 0.05) is 94.8 Å². The molecule has 0 unspecified atom stereocenters. The van der Waals surface area contributed by atoms with Gasteiger partial charge in [0.25, 0.3) is 0 Å². The number of carbonyl (C=O) groups is 8. The number of imidazole rings is 1. The van der Waals surface area contributed by atoms with E-state index in [0.717, 1.165) is 11.0 Å². The molecule has 2 fully saturated rings. The van der Waals surface area contributed by atoms with Crippen LogP contribution in [0.1, 0.15) is 70.1 Å². The highest BCUT2D eigenvalue weighted by molar-refractivity contribution is 9.09. The van der Waals surface area contributed by atoms with Crippen LogP contribution in [0.15, 0.2) is 48.9 Å². The summed E-state index contributed by atoms with van der Waals surface area (Å²) < 4.78 is 74.6. The maximum atomic E-state index is 13.9. The predicted octanol–water partition coefficient (Wildman–Crippen LogP) is 3.40. The van der Waals surface area contributed by atoms with Crippen molar-refractivity contribution in [3.63, 3.8) is 0 Å². The zero-order valence-corrected chi connectivity index (χ0v) is 53.0. The number of alkyl halides is 4. The normalized spacial score (nSPS) is 16.5. The first-order valence-electron chi connectivity index (χ1n) is 29.9. The van der Waals surface area contributed by atoms with Crippen LogP contribution in [0.3, 0.4) is 0 Å². The highest BCUT2D eigenvalue weighted by atomic mass is 79.9. The molecule has 32 heteroatoms. The van der Waals surface area contributed by atoms with E-state index in [1.165, 1.54) is 37.4 Å². The molecule has 3 aromatic heterocycles. The average molecular weight is 1340 g/mol. The van der Waals surface area contributed by atoms with Crippen molar-refractivity contribution in [3.8, 4) is 0 Å². The third-order valence-electron chi connectivity index (χ3n) is 15.0. The molecule has 9 amide bonds. The van der Waals surface area contributed by atoms with Gasteiger partial charge >= 0.3 is 24.3 Å². The highest BCUT2D eigenvalue weighted by Gasteiger charge is 2.41. The Labute approximate surface area is 528 Å². The molecular weight excluding hydrogens is 1250 g/mol. The van der Waals surface area contributed by atoms with Gasteiger partial charge in [-0.25, -0.2) is 24.4 Å². The van der Waals surface area contributed by atoms with Crippen molar-refractivity contribution < 1.29 is 79.9 Å². The van der Waals surface area contributed by atoms with Gasteiger partial charge in [-0.1, -0.05) is 55.3 Å². The fourth-order valence-electron chi connectivity index (χ4n) is 10.2. The van der Waals surface area contributed by atoms with Gasteiger partial charge < -0.3 is 75.0 Å². The summed E-state index contributed by atoms with van der Waals surface area (Å²) in [6.45, 7) is 8.98. The minimum atomic E-state index is -4.55. The largest absolute Gasteiger partial charge is 0.445 e. The van der Waals surface area contributed by atoms with E-state index >= 15 is 0 Å². The lowest BCUT2D eigenvalue weighted by Crippen LogP contribution is -2.57. The molecule has 0 aliphatic carbocycles. The number of nitrogens with one attached hydrogen (secondary N) is 5. The Morgan fingerprint density at radius 2 is 1.51 bits per heavy atom. The Morgan fingerprint density at radius 1 is 0.833 bits per heavy atom. The Morgan fingerprint density at radius 3 is 2.17 bits per heavy atom. The third kappa shape index (κ3) is 21.7. The highest BCUT2D eigenvalue weighted by Crippen LogP contribution is 2.36. The molecule has 0 spiro atoms. The summed E-state index contributed by atoms with van der Waals surface area (Å²) in [5, 5.41) is 14.0. The Bertz CT molecular complexity index is 3010. The van der Waals surface area contributed by atoms with Crippen LogP contribution < -0.4 is 32.3 Å². The molecule has 6 rings (SSSR count). The summed E-state index contributed by atoms with van der Waals surface area (Å²) in [5.74, 6) is -3.92. The van der Waals surface area contributed by atoms with E-state index in [0.29, 0.717) is 93.8 Å². The maximum Gasteiger partial charge on any atom is 0.409 e. The number of likely N-dealkylation sites (tertiary alicyclic amines) is 2. The van der Waals surface area contributed by atoms with E-state index < -0.39 is 90.9 Å².